The summed E-state index contributed by atoms with van der Waals surface area (Å²) in [4.78, 5) is 10.8. The molecule has 0 fully saturated rings. The molecule has 0 amide bonds. The first-order valence-corrected chi connectivity index (χ1v) is 5.19. The third-order valence-electron chi connectivity index (χ3n) is 2.65. The van der Waals surface area contributed by atoms with Crippen LogP contribution in [0.4, 0.5) is 13.2 Å². The number of methoxy groups -OCH3 is 1. The second kappa shape index (κ2) is 4.49. The zero-order valence-corrected chi connectivity index (χ0v) is 9.75. The average Bonchev–Trinajstić information content (AvgIpc) is 2.35. The van der Waals surface area contributed by atoms with Gasteiger partial charge in [0.25, 0.3) is 0 Å². The summed E-state index contributed by atoms with van der Waals surface area (Å²) < 4.78 is 48.6. The van der Waals surface area contributed by atoms with E-state index in [0.717, 1.165) is 18.2 Å². The Morgan fingerprint density at radius 3 is 2.63 bits per heavy atom. The van der Waals surface area contributed by atoms with E-state index in [1.165, 1.54) is 7.11 Å². The summed E-state index contributed by atoms with van der Waals surface area (Å²) in [5.41, 5.74) is -1.52. The van der Waals surface area contributed by atoms with Gasteiger partial charge < -0.3 is 14.6 Å². The van der Waals surface area contributed by atoms with Crippen molar-refractivity contribution in [1.29, 1.82) is 0 Å². The van der Waals surface area contributed by atoms with Crippen LogP contribution in [0, 0.1) is 0 Å². The van der Waals surface area contributed by atoms with Gasteiger partial charge in [0.05, 0.1) is 18.2 Å². The number of aliphatic carboxylic acids is 1. The van der Waals surface area contributed by atoms with E-state index < -0.39 is 17.7 Å². The minimum atomic E-state index is -4.60. The molecule has 1 N–H and O–H groups in total. The quantitative estimate of drug-likeness (QED) is 0.900. The van der Waals surface area contributed by atoms with Crippen LogP contribution in [-0.2, 0) is 11.0 Å². The number of halogens is 3. The molecule has 102 valence electrons. The van der Waals surface area contributed by atoms with E-state index in [9.17, 15) is 18.0 Å². The molecule has 0 atom stereocenters. The minimum Gasteiger partial charge on any atom is -0.493 e. The van der Waals surface area contributed by atoms with Crippen LogP contribution in [0.3, 0.4) is 0 Å². The Bertz CT molecular complexity index is 561. The largest absolute Gasteiger partial charge is 0.493 e. The van der Waals surface area contributed by atoms with Crippen molar-refractivity contribution < 1.29 is 32.5 Å². The highest BCUT2D eigenvalue weighted by Gasteiger charge is 2.36. The molecule has 0 unspecified atom stereocenters. The molecule has 0 spiro atoms. The molecule has 0 saturated carbocycles. The summed E-state index contributed by atoms with van der Waals surface area (Å²) in [7, 11) is 1.29. The first kappa shape index (κ1) is 13.3. The van der Waals surface area contributed by atoms with Gasteiger partial charge in [0.1, 0.15) is 6.61 Å². The van der Waals surface area contributed by atoms with Gasteiger partial charge in [0, 0.05) is 5.56 Å². The Labute approximate surface area is 106 Å². The lowest BCUT2D eigenvalue weighted by Crippen LogP contribution is -2.18. The van der Waals surface area contributed by atoms with Crippen molar-refractivity contribution in [3.8, 4) is 11.5 Å². The van der Waals surface area contributed by atoms with Gasteiger partial charge in [0.15, 0.2) is 11.5 Å². The second-order valence-electron chi connectivity index (χ2n) is 3.82. The molecule has 0 radical (unpaired) electrons. The lowest BCUT2D eigenvalue weighted by atomic mass is 10.0. The van der Waals surface area contributed by atoms with Gasteiger partial charge in [-0.1, -0.05) is 0 Å². The summed E-state index contributed by atoms with van der Waals surface area (Å²) in [5, 5.41) is 8.82. The number of benzene rings is 1. The zero-order chi connectivity index (χ0) is 14.2. The molecule has 0 bridgehead atoms. The maximum Gasteiger partial charge on any atom is 0.417 e. The van der Waals surface area contributed by atoms with E-state index in [4.69, 9.17) is 14.6 Å². The van der Waals surface area contributed by atoms with Crippen LogP contribution in [0.2, 0.25) is 0 Å². The predicted molar refractivity (Wildman–Crippen MR) is 59.1 cm³/mol. The number of rotatable bonds is 2. The fourth-order valence-corrected chi connectivity index (χ4v) is 1.77. The number of carbonyl (C=O) groups is 1. The topological polar surface area (TPSA) is 55.8 Å². The van der Waals surface area contributed by atoms with Crippen LogP contribution in [-0.4, -0.2) is 24.8 Å². The van der Waals surface area contributed by atoms with E-state index in [1.54, 1.807) is 0 Å². The van der Waals surface area contributed by atoms with Gasteiger partial charge in [-0.2, -0.15) is 13.2 Å². The van der Waals surface area contributed by atoms with Gasteiger partial charge in [-0.15, -0.1) is 0 Å². The monoisotopic (exact) mass is 274 g/mol. The zero-order valence-electron chi connectivity index (χ0n) is 9.75. The Balaban J connectivity index is 2.67. The molecule has 1 aliphatic rings. The van der Waals surface area contributed by atoms with E-state index in [2.05, 4.69) is 0 Å². The Hall–Kier alpha value is -2.18. The first-order chi connectivity index (χ1) is 8.84. The van der Waals surface area contributed by atoms with Crippen molar-refractivity contribution in [3.63, 3.8) is 0 Å². The summed E-state index contributed by atoms with van der Waals surface area (Å²) in [6, 6.07) is 1.98. The molecule has 0 saturated heterocycles. The van der Waals surface area contributed by atoms with E-state index >= 15 is 0 Å². The van der Waals surface area contributed by atoms with Crippen LogP contribution in [0.5, 0.6) is 11.5 Å². The molecule has 2 rings (SSSR count). The number of ether oxygens (including phenoxy) is 2. The lowest BCUT2D eigenvalue weighted by molar-refractivity contribution is -0.138. The number of carboxylic acid groups (broad SMARTS) is 1. The van der Waals surface area contributed by atoms with Gasteiger partial charge in [-0.05, 0) is 18.2 Å². The molecule has 1 aromatic rings. The lowest BCUT2D eigenvalue weighted by Gasteiger charge is -2.21. The fourth-order valence-electron chi connectivity index (χ4n) is 1.77. The fraction of sp³-hybridized carbons (Fsp3) is 0.250. The summed E-state index contributed by atoms with van der Waals surface area (Å²) in [6.45, 7) is -0.306. The van der Waals surface area contributed by atoms with Crippen LogP contribution < -0.4 is 9.47 Å². The average molecular weight is 274 g/mol. The number of hydrogen-bond donors (Lipinski definition) is 1. The van der Waals surface area contributed by atoms with E-state index in [-0.39, 0.29) is 29.2 Å². The van der Waals surface area contributed by atoms with Crippen LogP contribution in [0.25, 0.3) is 6.08 Å². The molecular formula is C12H9F3O4. The molecule has 0 aromatic heterocycles. The smallest absolute Gasteiger partial charge is 0.417 e. The summed E-state index contributed by atoms with van der Waals surface area (Å²) in [5.74, 6) is -1.28. The Morgan fingerprint density at radius 2 is 2.11 bits per heavy atom. The third-order valence-corrected chi connectivity index (χ3v) is 2.65. The maximum atomic E-state index is 12.9. The number of alkyl halides is 3. The predicted octanol–water partition coefficient (Wildman–Crippen LogP) is 2.57. The molecule has 7 heteroatoms. The van der Waals surface area contributed by atoms with Crippen molar-refractivity contribution in [2.24, 2.45) is 0 Å². The molecule has 1 heterocycles. The normalized spacial score (nSPS) is 14.2. The van der Waals surface area contributed by atoms with Crippen molar-refractivity contribution in [3.05, 3.63) is 28.8 Å². The first-order valence-electron chi connectivity index (χ1n) is 5.19. The summed E-state index contributed by atoms with van der Waals surface area (Å²) in [6.07, 6.45) is -3.64. The van der Waals surface area contributed by atoms with Crippen molar-refractivity contribution in [2.75, 3.05) is 13.7 Å². The highest BCUT2D eigenvalue weighted by Crippen LogP contribution is 2.43. The maximum absolute atomic E-state index is 12.9. The molecule has 19 heavy (non-hydrogen) atoms. The molecule has 0 aliphatic carbocycles. The van der Waals surface area contributed by atoms with Crippen molar-refractivity contribution in [1.82, 2.24) is 0 Å². The minimum absolute atomic E-state index is 0.0951. The van der Waals surface area contributed by atoms with Crippen LogP contribution in [0.15, 0.2) is 17.7 Å². The highest BCUT2D eigenvalue weighted by atomic mass is 19.4. The Kier molecular flexibility index (Phi) is 3.13. The number of hydrogen-bond acceptors (Lipinski definition) is 3. The van der Waals surface area contributed by atoms with Crippen LogP contribution >= 0.6 is 0 Å². The standard InChI is InChI=1S/C12H9F3O4/c1-18-9-3-2-8(12(13,14)15)7-4-6(11(16)17)5-19-10(7)9/h2-4H,5H2,1H3,(H,16,17). The molecule has 1 aliphatic heterocycles. The summed E-state index contributed by atoms with van der Waals surface area (Å²) >= 11 is 0. The van der Waals surface area contributed by atoms with Crippen molar-refractivity contribution in [2.45, 2.75) is 6.18 Å². The van der Waals surface area contributed by atoms with Gasteiger partial charge in [-0.25, -0.2) is 4.79 Å². The number of carboxylic acids is 1. The van der Waals surface area contributed by atoms with Crippen LogP contribution in [0.1, 0.15) is 11.1 Å². The second-order valence-corrected chi connectivity index (χ2v) is 3.82. The van der Waals surface area contributed by atoms with E-state index in [1.807, 2.05) is 0 Å². The van der Waals surface area contributed by atoms with Gasteiger partial charge in [0.2, 0.25) is 0 Å². The molecule has 4 nitrogen and oxygen atoms in total. The highest BCUT2D eigenvalue weighted by molar-refractivity contribution is 5.94. The third kappa shape index (κ3) is 2.35. The van der Waals surface area contributed by atoms with Crippen molar-refractivity contribution >= 4 is 12.0 Å². The number of fused-ring (bicyclic) bond motifs is 1. The van der Waals surface area contributed by atoms with E-state index in [0.29, 0.717) is 0 Å². The van der Waals surface area contributed by atoms with Gasteiger partial charge in [-0.3, -0.25) is 0 Å². The van der Waals surface area contributed by atoms with Gasteiger partial charge >= 0.3 is 12.1 Å². The molecule has 1 aromatic carbocycles. The Morgan fingerprint density at radius 1 is 1.42 bits per heavy atom. The molecular weight excluding hydrogens is 265 g/mol. The SMILES string of the molecule is COc1ccc(C(F)(F)F)c2c1OCC(C(=O)O)=C2.